The fourth-order valence-electron chi connectivity index (χ4n) is 1.85. The van der Waals surface area contributed by atoms with Crippen molar-refractivity contribution in [3.05, 3.63) is 44.3 Å². The monoisotopic (exact) mass is 389 g/mol. The number of rotatable bonds is 4. The predicted octanol–water partition coefficient (Wildman–Crippen LogP) is 4.49. The third-order valence-electron chi connectivity index (χ3n) is 2.83. The van der Waals surface area contributed by atoms with Gasteiger partial charge in [-0.3, -0.25) is 4.68 Å². The van der Waals surface area contributed by atoms with E-state index in [-0.39, 0.29) is 5.82 Å². The molecule has 0 saturated carbocycles. The number of hydrogen-bond donors (Lipinski definition) is 1. The maximum atomic E-state index is 13.2. The van der Waals surface area contributed by atoms with Gasteiger partial charge in [0.15, 0.2) is 0 Å². The third kappa shape index (κ3) is 3.17. The molecule has 0 atom stereocenters. The zero-order chi connectivity index (χ0) is 14.0. The molecule has 0 aliphatic rings. The molecule has 19 heavy (non-hydrogen) atoms. The Morgan fingerprint density at radius 1 is 1.37 bits per heavy atom. The Hall–Kier alpha value is -0.880. The van der Waals surface area contributed by atoms with Crippen molar-refractivity contribution in [3.8, 4) is 0 Å². The van der Waals surface area contributed by atoms with Gasteiger partial charge in [0.05, 0.1) is 28.1 Å². The Morgan fingerprint density at radius 3 is 2.79 bits per heavy atom. The average Bonchev–Trinajstić information content (AvgIpc) is 2.66. The number of aromatic nitrogens is 2. The lowest BCUT2D eigenvalue weighted by molar-refractivity contribution is 0.620. The maximum Gasteiger partial charge on any atom is 0.125 e. The highest BCUT2D eigenvalue weighted by atomic mass is 79.9. The smallest absolute Gasteiger partial charge is 0.125 e. The highest BCUT2D eigenvalue weighted by Crippen LogP contribution is 2.26. The van der Waals surface area contributed by atoms with Crippen LogP contribution in [0.3, 0.4) is 0 Å². The quantitative estimate of drug-likeness (QED) is 0.833. The van der Waals surface area contributed by atoms with E-state index in [1.807, 2.05) is 18.5 Å². The summed E-state index contributed by atoms with van der Waals surface area (Å²) in [6.45, 7) is 5.38. The number of anilines is 1. The predicted molar refractivity (Wildman–Crippen MR) is 81.8 cm³/mol. The second-order valence-corrected chi connectivity index (χ2v) is 5.79. The lowest BCUT2D eigenvalue weighted by atomic mass is 10.3. The lowest BCUT2D eigenvalue weighted by Gasteiger charge is -2.10. The van der Waals surface area contributed by atoms with Gasteiger partial charge in [-0.15, -0.1) is 0 Å². The van der Waals surface area contributed by atoms with E-state index in [2.05, 4.69) is 42.3 Å². The van der Waals surface area contributed by atoms with Gasteiger partial charge in [0.2, 0.25) is 0 Å². The van der Waals surface area contributed by atoms with Gasteiger partial charge in [0.25, 0.3) is 0 Å². The summed E-state index contributed by atoms with van der Waals surface area (Å²) in [6.07, 6.45) is 0. The molecule has 1 heterocycles. The standard InChI is InChI=1S/C13H14Br2FN3/c1-3-19-12(13(15)8(2)18-19)7-17-11-6-9(16)4-5-10(11)14/h4-6,17H,3,7H2,1-2H3. The summed E-state index contributed by atoms with van der Waals surface area (Å²) in [4.78, 5) is 0. The number of aryl methyl sites for hydroxylation is 2. The van der Waals surface area contributed by atoms with Gasteiger partial charge in [-0.2, -0.15) is 5.10 Å². The molecule has 102 valence electrons. The molecule has 0 amide bonds. The van der Waals surface area contributed by atoms with Crippen LogP contribution in [-0.2, 0) is 13.1 Å². The van der Waals surface area contributed by atoms with Crippen LogP contribution in [0.25, 0.3) is 0 Å². The first-order valence-corrected chi connectivity index (χ1v) is 7.52. The van der Waals surface area contributed by atoms with Crippen molar-refractivity contribution in [2.24, 2.45) is 0 Å². The van der Waals surface area contributed by atoms with Crippen LogP contribution >= 0.6 is 31.9 Å². The Kier molecular flexibility index (Phi) is 4.62. The molecule has 1 aromatic heterocycles. The zero-order valence-electron chi connectivity index (χ0n) is 10.7. The summed E-state index contributed by atoms with van der Waals surface area (Å²) in [6, 6.07) is 4.58. The molecule has 2 rings (SSSR count). The number of nitrogens with zero attached hydrogens (tertiary/aromatic N) is 2. The maximum absolute atomic E-state index is 13.2. The summed E-state index contributed by atoms with van der Waals surface area (Å²) in [7, 11) is 0. The fourth-order valence-corrected chi connectivity index (χ4v) is 2.66. The highest BCUT2D eigenvalue weighted by Gasteiger charge is 2.12. The molecule has 1 N–H and O–H groups in total. The van der Waals surface area contributed by atoms with Crippen LogP contribution in [0.5, 0.6) is 0 Å². The van der Waals surface area contributed by atoms with Gasteiger partial charge in [-0.25, -0.2) is 4.39 Å². The Labute approximate surface area is 128 Å². The van der Waals surface area contributed by atoms with E-state index < -0.39 is 0 Å². The minimum absolute atomic E-state index is 0.259. The van der Waals surface area contributed by atoms with E-state index in [1.54, 1.807) is 6.07 Å². The Balaban J connectivity index is 2.21. The molecule has 0 saturated heterocycles. The summed E-state index contributed by atoms with van der Waals surface area (Å²) >= 11 is 6.94. The molecule has 0 unspecified atom stereocenters. The average molecular weight is 391 g/mol. The van der Waals surface area contributed by atoms with Gasteiger partial charge in [-0.1, -0.05) is 0 Å². The molecule has 6 heteroatoms. The molecule has 2 aromatic rings. The highest BCUT2D eigenvalue weighted by molar-refractivity contribution is 9.11. The molecule has 1 aromatic carbocycles. The van der Waals surface area contributed by atoms with Crippen LogP contribution in [0.2, 0.25) is 0 Å². The molecule has 0 spiro atoms. The SMILES string of the molecule is CCn1nc(C)c(Br)c1CNc1cc(F)ccc1Br. The van der Waals surface area contributed by atoms with Crippen LogP contribution in [0.4, 0.5) is 10.1 Å². The largest absolute Gasteiger partial charge is 0.378 e. The molecule has 0 bridgehead atoms. The summed E-state index contributed by atoms with van der Waals surface area (Å²) < 4.78 is 17.0. The van der Waals surface area contributed by atoms with Crippen LogP contribution < -0.4 is 5.32 Å². The van der Waals surface area contributed by atoms with E-state index >= 15 is 0 Å². The first kappa shape index (κ1) is 14.5. The van der Waals surface area contributed by atoms with Crippen LogP contribution in [0.1, 0.15) is 18.3 Å². The van der Waals surface area contributed by atoms with Gasteiger partial charge in [0.1, 0.15) is 5.82 Å². The van der Waals surface area contributed by atoms with Gasteiger partial charge < -0.3 is 5.32 Å². The number of hydrogen-bond acceptors (Lipinski definition) is 2. The number of nitrogens with one attached hydrogen (secondary N) is 1. The van der Waals surface area contributed by atoms with Crippen molar-refractivity contribution in [3.63, 3.8) is 0 Å². The molecular weight excluding hydrogens is 377 g/mol. The Morgan fingerprint density at radius 2 is 2.11 bits per heavy atom. The van der Waals surface area contributed by atoms with Gasteiger partial charge in [-0.05, 0) is 63.9 Å². The van der Waals surface area contributed by atoms with Crippen molar-refractivity contribution in [1.82, 2.24) is 9.78 Å². The Bertz CT molecular complexity index is 596. The van der Waals surface area contributed by atoms with Crippen LogP contribution in [-0.4, -0.2) is 9.78 Å². The van der Waals surface area contributed by atoms with Crippen molar-refractivity contribution in [2.45, 2.75) is 26.9 Å². The molecule has 0 radical (unpaired) electrons. The van der Waals surface area contributed by atoms with Crippen molar-refractivity contribution < 1.29 is 4.39 Å². The van der Waals surface area contributed by atoms with E-state index in [1.165, 1.54) is 12.1 Å². The van der Waals surface area contributed by atoms with Crippen LogP contribution in [0.15, 0.2) is 27.1 Å². The molecule has 0 fully saturated rings. The number of benzene rings is 1. The van der Waals surface area contributed by atoms with Crippen LogP contribution in [0, 0.1) is 12.7 Å². The van der Waals surface area contributed by atoms with Crippen molar-refractivity contribution in [1.29, 1.82) is 0 Å². The molecule has 3 nitrogen and oxygen atoms in total. The fraction of sp³-hybridized carbons (Fsp3) is 0.308. The van der Waals surface area contributed by atoms with Crippen molar-refractivity contribution in [2.75, 3.05) is 5.32 Å². The normalized spacial score (nSPS) is 10.8. The summed E-state index contributed by atoms with van der Waals surface area (Å²) in [5.41, 5.74) is 2.74. The minimum atomic E-state index is -0.259. The topological polar surface area (TPSA) is 29.9 Å². The molecular formula is C13H14Br2FN3. The minimum Gasteiger partial charge on any atom is -0.378 e. The van der Waals surface area contributed by atoms with E-state index in [4.69, 9.17) is 0 Å². The first-order chi connectivity index (χ1) is 9.02. The summed E-state index contributed by atoms with van der Waals surface area (Å²) in [5.74, 6) is -0.259. The van der Waals surface area contributed by atoms with Gasteiger partial charge >= 0.3 is 0 Å². The second-order valence-electron chi connectivity index (χ2n) is 4.14. The van der Waals surface area contributed by atoms with E-state index in [9.17, 15) is 4.39 Å². The lowest BCUT2D eigenvalue weighted by Crippen LogP contribution is -2.08. The molecule has 0 aliphatic carbocycles. The van der Waals surface area contributed by atoms with Crippen molar-refractivity contribution >= 4 is 37.5 Å². The third-order valence-corrected chi connectivity index (χ3v) is 4.55. The number of halogens is 3. The molecule has 0 aliphatic heterocycles. The summed E-state index contributed by atoms with van der Waals surface area (Å²) in [5, 5.41) is 7.65. The second kappa shape index (κ2) is 6.05. The zero-order valence-corrected chi connectivity index (χ0v) is 13.8. The van der Waals surface area contributed by atoms with E-state index in [0.29, 0.717) is 6.54 Å². The van der Waals surface area contributed by atoms with Gasteiger partial charge in [0, 0.05) is 11.0 Å². The van der Waals surface area contributed by atoms with E-state index in [0.717, 1.165) is 32.6 Å². The first-order valence-electron chi connectivity index (χ1n) is 5.93.